The fraction of sp³-hybridized carbons (Fsp3) is 0.667. The lowest BCUT2D eigenvalue weighted by molar-refractivity contribution is 0.266. The van der Waals surface area contributed by atoms with Gasteiger partial charge in [0.15, 0.2) is 0 Å². The Labute approximate surface area is 108 Å². The van der Waals surface area contributed by atoms with E-state index in [0.29, 0.717) is 17.2 Å². The first-order chi connectivity index (χ1) is 7.97. The number of hydrogen-bond acceptors (Lipinski definition) is 4. The number of aryl methyl sites for hydroxylation is 1. The largest absolute Gasteiger partial charge is 0.355 e. The van der Waals surface area contributed by atoms with Gasteiger partial charge in [-0.25, -0.2) is 9.97 Å². The minimum Gasteiger partial charge on any atom is -0.355 e. The second-order valence-corrected chi connectivity index (χ2v) is 5.39. The van der Waals surface area contributed by atoms with E-state index in [2.05, 4.69) is 40.8 Å². The van der Waals surface area contributed by atoms with Crippen molar-refractivity contribution in [3.63, 3.8) is 0 Å². The van der Waals surface area contributed by atoms with Gasteiger partial charge in [-0.1, -0.05) is 6.92 Å². The highest BCUT2D eigenvalue weighted by Gasteiger charge is 2.31. The first-order valence-corrected chi connectivity index (χ1v) is 6.27. The average molecular weight is 255 g/mol. The summed E-state index contributed by atoms with van der Waals surface area (Å²) in [5.41, 5.74) is 0.918. The molecule has 17 heavy (non-hydrogen) atoms. The molecule has 5 heteroatoms. The molecule has 2 atom stereocenters. The zero-order chi connectivity index (χ0) is 12.6. The Morgan fingerprint density at radius 2 is 2.06 bits per heavy atom. The molecule has 0 bridgehead atoms. The van der Waals surface area contributed by atoms with Crippen molar-refractivity contribution in [1.82, 2.24) is 14.9 Å². The maximum atomic E-state index is 5.90. The number of likely N-dealkylation sites (N-methyl/N-ethyl adjacent to an activating group) is 1. The summed E-state index contributed by atoms with van der Waals surface area (Å²) in [6.45, 7) is 6.25. The molecular formula is C12H19ClN4. The molecule has 2 rings (SSSR count). The van der Waals surface area contributed by atoms with Gasteiger partial charge in [0, 0.05) is 30.9 Å². The summed E-state index contributed by atoms with van der Waals surface area (Å²) in [6, 6.07) is 2.57. The fourth-order valence-corrected chi connectivity index (χ4v) is 2.71. The van der Waals surface area contributed by atoms with Crippen molar-refractivity contribution in [3.05, 3.63) is 17.0 Å². The molecule has 1 aromatic rings. The zero-order valence-corrected chi connectivity index (χ0v) is 11.6. The third-order valence-corrected chi connectivity index (χ3v) is 3.54. The van der Waals surface area contributed by atoms with Crippen molar-refractivity contribution >= 4 is 17.4 Å². The highest BCUT2D eigenvalue weighted by Crippen LogP contribution is 2.25. The standard InChI is InChI=1S/C12H19ClN4/c1-8-6-17(7-10(8)16(3)4)11-5-9(2)14-12(13)15-11/h5,8,10H,6-7H2,1-4H3. The van der Waals surface area contributed by atoms with E-state index >= 15 is 0 Å². The van der Waals surface area contributed by atoms with Gasteiger partial charge in [0.25, 0.3) is 0 Å². The maximum absolute atomic E-state index is 5.90. The third-order valence-electron chi connectivity index (χ3n) is 3.37. The molecule has 1 fully saturated rings. The number of rotatable bonds is 2. The summed E-state index contributed by atoms with van der Waals surface area (Å²) in [5, 5.41) is 0.334. The molecule has 0 amide bonds. The van der Waals surface area contributed by atoms with Gasteiger partial charge in [-0.05, 0) is 38.5 Å². The molecule has 0 saturated carbocycles. The van der Waals surface area contributed by atoms with Gasteiger partial charge < -0.3 is 9.80 Å². The Morgan fingerprint density at radius 3 is 2.59 bits per heavy atom. The van der Waals surface area contributed by atoms with E-state index in [1.54, 1.807) is 0 Å². The minimum atomic E-state index is 0.334. The first-order valence-electron chi connectivity index (χ1n) is 5.90. The van der Waals surface area contributed by atoms with E-state index in [1.807, 2.05) is 13.0 Å². The summed E-state index contributed by atoms with van der Waals surface area (Å²) >= 11 is 5.90. The van der Waals surface area contributed by atoms with Crippen molar-refractivity contribution in [2.75, 3.05) is 32.1 Å². The van der Waals surface area contributed by atoms with Crippen LogP contribution in [0.3, 0.4) is 0 Å². The molecule has 1 aliphatic rings. The Bertz CT molecular complexity index is 387. The number of hydrogen-bond donors (Lipinski definition) is 0. The lowest BCUT2D eigenvalue weighted by atomic mass is 10.1. The molecule has 0 N–H and O–H groups in total. The molecule has 1 saturated heterocycles. The zero-order valence-electron chi connectivity index (χ0n) is 10.8. The van der Waals surface area contributed by atoms with Gasteiger partial charge in [0.05, 0.1) is 0 Å². The monoisotopic (exact) mass is 254 g/mol. The second-order valence-electron chi connectivity index (χ2n) is 5.05. The summed E-state index contributed by atoms with van der Waals surface area (Å²) < 4.78 is 0. The van der Waals surface area contributed by atoms with Crippen LogP contribution in [0.4, 0.5) is 5.82 Å². The summed E-state index contributed by atoms with van der Waals surface area (Å²) in [6.07, 6.45) is 0. The minimum absolute atomic E-state index is 0.334. The van der Waals surface area contributed by atoms with Gasteiger partial charge >= 0.3 is 0 Å². The Kier molecular flexibility index (Phi) is 3.54. The first kappa shape index (κ1) is 12.6. The molecule has 0 aromatic carbocycles. The molecule has 0 aliphatic carbocycles. The van der Waals surface area contributed by atoms with E-state index in [-0.39, 0.29) is 0 Å². The molecule has 1 aromatic heterocycles. The number of aromatic nitrogens is 2. The van der Waals surface area contributed by atoms with Crippen LogP contribution in [0.5, 0.6) is 0 Å². The molecule has 2 heterocycles. The van der Waals surface area contributed by atoms with Crippen LogP contribution in [-0.2, 0) is 0 Å². The molecule has 94 valence electrons. The van der Waals surface area contributed by atoms with E-state index in [4.69, 9.17) is 11.6 Å². The number of anilines is 1. The topological polar surface area (TPSA) is 32.3 Å². The summed E-state index contributed by atoms with van der Waals surface area (Å²) in [5.74, 6) is 1.58. The van der Waals surface area contributed by atoms with Crippen LogP contribution in [0.15, 0.2) is 6.07 Å². The third kappa shape index (κ3) is 2.69. The van der Waals surface area contributed by atoms with Gasteiger partial charge in [-0.2, -0.15) is 0 Å². The Hall–Kier alpha value is -0.870. The summed E-state index contributed by atoms with van der Waals surface area (Å²) in [7, 11) is 4.26. The molecule has 2 unspecified atom stereocenters. The van der Waals surface area contributed by atoms with Crippen molar-refractivity contribution in [2.24, 2.45) is 5.92 Å². The maximum Gasteiger partial charge on any atom is 0.224 e. The number of halogens is 1. The smallest absolute Gasteiger partial charge is 0.224 e. The number of nitrogens with zero attached hydrogens (tertiary/aromatic N) is 4. The van der Waals surface area contributed by atoms with Crippen LogP contribution in [0.2, 0.25) is 5.28 Å². The van der Waals surface area contributed by atoms with E-state index in [1.165, 1.54) is 0 Å². The SMILES string of the molecule is Cc1cc(N2CC(C)C(N(C)C)C2)nc(Cl)n1. The van der Waals surface area contributed by atoms with Crippen LogP contribution in [0.25, 0.3) is 0 Å². The Morgan fingerprint density at radius 1 is 1.35 bits per heavy atom. The molecule has 4 nitrogen and oxygen atoms in total. The lowest BCUT2D eigenvalue weighted by Crippen LogP contribution is -2.34. The van der Waals surface area contributed by atoms with Crippen molar-refractivity contribution in [1.29, 1.82) is 0 Å². The average Bonchev–Trinajstić information content (AvgIpc) is 2.59. The van der Waals surface area contributed by atoms with Gasteiger partial charge in [-0.15, -0.1) is 0 Å². The molecule has 0 radical (unpaired) electrons. The Balaban J connectivity index is 2.19. The predicted octanol–water partition coefficient (Wildman–Crippen LogP) is 1.82. The molecule has 1 aliphatic heterocycles. The van der Waals surface area contributed by atoms with Crippen molar-refractivity contribution < 1.29 is 0 Å². The van der Waals surface area contributed by atoms with Crippen molar-refractivity contribution in [3.8, 4) is 0 Å². The quantitative estimate of drug-likeness (QED) is 0.754. The normalized spacial score (nSPS) is 24.7. The highest BCUT2D eigenvalue weighted by molar-refractivity contribution is 6.28. The lowest BCUT2D eigenvalue weighted by Gasteiger charge is -2.22. The van der Waals surface area contributed by atoms with E-state index < -0.39 is 0 Å². The fourth-order valence-electron chi connectivity index (χ4n) is 2.49. The van der Waals surface area contributed by atoms with E-state index in [9.17, 15) is 0 Å². The predicted molar refractivity (Wildman–Crippen MR) is 70.6 cm³/mol. The van der Waals surface area contributed by atoms with Crippen LogP contribution < -0.4 is 4.90 Å². The van der Waals surface area contributed by atoms with Crippen LogP contribution in [0.1, 0.15) is 12.6 Å². The van der Waals surface area contributed by atoms with E-state index in [0.717, 1.165) is 24.6 Å². The second kappa shape index (κ2) is 4.78. The highest BCUT2D eigenvalue weighted by atomic mass is 35.5. The van der Waals surface area contributed by atoms with Crippen LogP contribution in [0, 0.1) is 12.8 Å². The van der Waals surface area contributed by atoms with Crippen LogP contribution >= 0.6 is 11.6 Å². The molecular weight excluding hydrogens is 236 g/mol. The van der Waals surface area contributed by atoms with Crippen LogP contribution in [-0.4, -0.2) is 48.1 Å². The van der Waals surface area contributed by atoms with Gasteiger partial charge in [0.2, 0.25) is 5.28 Å². The summed E-state index contributed by atoms with van der Waals surface area (Å²) in [4.78, 5) is 13.0. The molecule has 0 spiro atoms. The van der Waals surface area contributed by atoms with Gasteiger partial charge in [-0.3, -0.25) is 0 Å². The van der Waals surface area contributed by atoms with Gasteiger partial charge in [0.1, 0.15) is 5.82 Å². The van der Waals surface area contributed by atoms with Crippen molar-refractivity contribution in [2.45, 2.75) is 19.9 Å².